The van der Waals surface area contributed by atoms with Crippen molar-refractivity contribution in [1.82, 2.24) is 5.32 Å². The quantitative estimate of drug-likeness (QED) is 0.612. The second-order valence-electron chi connectivity index (χ2n) is 3.42. The minimum atomic E-state index is -0.359. The van der Waals surface area contributed by atoms with Crippen molar-refractivity contribution in [2.75, 3.05) is 20.3 Å². The van der Waals surface area contributed by atoms with Gasteiger partial charge in [0.15, 0.2) is 0 Å². The highest BCUT2D eigenvalue weighted by atomic mass is 16.5. The first-order chi connectivity index (χ1) is 6.18. The van der Waals surface area contributed by atoms with Crippen LogP contribution in [0.4, 0.5) is 0 Å². The molecule has 0 saturated heterocycles. The van der Waals surface area contributed by atoms with Crippen LogP contribution < -0.4 is 5.32 Å². The van der Waals surface area contributed by atoms with Gasteiger partial charge in [-0.3, -0.25) is 5.32 Å². The van der Waals surface area contributed by atoms with E-state index in [1.165, 1.54) is 0 Å². The third-order valence-corrected chi connectivity index (χ3v) is 2.09. The number of ether oxygens (including phenoxy) is 1. The van der Waals surface area contributed by atoms with E-state index < -0.39 is 0 Å². The fourth-order valence-electron chi connectivity index (χ4n) is 1.30. The van der Waals surface area contributed by atoms with Gasteiger partial charge in [-0.05, 0) is 32.7 Å². The van der Waals surface area contributed by atoms with Crippen LogP contribution >= 0.6 is 0 Å². The summed E-state index contributed by atoms with van der Waals surface area (Å²) in [4.78, 5) is 0. The Bertz CT molecular complexity index is 165. The van der Waals surface area contributed by atoms with Crippen LogP contribution in [-0.4, -0.2) is 25.8 Å². The summed E-state index contributed by atoms with van der Waals surface area (Å²) >= 11 is 0. The molecule has 0 rings (SSSR count). The molecule has 0 spiro atoms. The molecule has 0 aliphatic heterocycles. The van der Waals surface area contributed by atoms with Gasteiger partial charge >= 0.3 is 0 Å². The van der Waals surface area contributed by atoms with Crippen molar-refractivity contribution in [3.63, 3.8) is 0 Å². The molecule has 3 heteroatoms. The number of methoxy groups -OCH3 is 1. The number of unbranched alkanes of at least 4 members (excludes halogenated alkanes) is 1. The lowest BCUT2D eigenvalue weighted by Crippen LogP contribution is -2.40. The smallest absolute Gasteiger partial charge is 0.103 e. The van der Waals surface area contributed by atoms with E-state index in [9.17, 15) is 0 Å². The molecule has 0 aromatic rings. The molecule has 13 heavy (non-hydrogen) atoms. The van der Waals surface area contributed by atoms with Gasteiger partial charge in [0, 0.05) is 13.7 Å². The Hall–Kier alpha value is -0.590. The summed E-state index contributed by atoms with van der Waals surface area (Å²) in [5, 5.41) is 12.1. The van der Waals surface area contributed by atoms with E-state index in [1.807, 2.05) is 13.8 Å². The molecule has 0 fully saturated rings. The molecule has 1 unspecified atom stereocenters. The zero-order valence-electron chi connectivity index (χ0n) is 8.89. The summed E-state index contributed by atoms with van der Waals surface area (Å²) in [6, 6.07) is 2.30. The maximum absolute atomic E-state index is 8.93. The van der Waals surface area contributed by atoms with E-state index in [0.29, 0.717) is 0 Å². The van der Waals surface area contributed by atoms with Gasteiger partial charge in [0.1, 0.15) is 5.54 Å². The summed E-state index contributed by atoms with van der Waals surface area (Å²) in [5.74, 6) is 0. The first kappa shape index (κ1) is 12.4. The molecular weight excluding hydrogens is 164 g/mol. The van der Waals surface area contributed by atoms with Crippen LogP contribution in [0, 0.1) is 11.3 Å². The van der Waals surface area contributed by atoms with Crippen LogP contribution in [0.15, 0.2) is 0 Å². The van der Waals surface area contributed by atoms with Gasteiger partial charge in [-0.2, -0.15) is 5.26 Å². The number of rotatable bonds is 7. The van der Waals surface area contributed by atoms with Crippen molar-refractivity contribution in [3.8, 4) is 6.07 Å². The Morgan fingerprint density at radius 2 is 2.15 bits per heavy atom. The van der Waals surface area contributed by atoms with Crippen molar-refractivity contribution in [2.24, 2.45) is 0 Å². The van der Waals surface area contributed by atoms with E-state index in [2.05, 4.69) is 11.4 Å². The monoisotopic (exact) mass is 184 g/mol. The average molecular weight is 184 g/mol. The van der Waals surface area contributed by atoms with Crippen LogP contribution in [0.2, 0.25) is 0 Å². The summed E-state index contributed by atoms with van der Waals surface area (Å²) in [6.45, 7) is 5.59. The van der Waals surface area contributed by atoms with Gasteiger partial charge in [-0.15, -0.1) is 0 Å². The zero-order valence-corrected chi connectivity index (χ0v) is 8.89. The highest BCUT2D eigenvalue weighted by Gasteiger charge is 2.20. The Kier molecular flexibility index (Phi) is 6.56. The van der Waals surface area contributed by atoms with Crippen LogP contribution in [0.1, 0.15) is 33.1 Å². The molecule has 0 radical (unpaired) electrons. The normalized spacial score (nSPS) is 14.9. The van der Waals surface area contributed by atoms with Gasteiger partial charge in [0.2, 0.25) is 0 Å². The van der Waals surface area contributed by atoms with E-state index in [1.54, 1.807) is 7.11 Å². The highest BCUT2D eigenvalue weighted by molar-refractivity contribution is 5.03. The highest BCUT2D eigenvalue weighted by Crippen LogP contribution is 2.12. The summed E-state index contributed by atoms with van der Waals surface area (Å²) < 4.78 is 4.95. The lowest BCUT2D eigenvalue weighted by molar-refractivity contribution is 0.189. The largest absolute Gasteiger partial charge is 0.385 e. The van der Waals surface area contributed by atoms with Gasteiger partial charge in [0.05, 0.1) is 6.07 Å². The molecule has 0 saturated carbocycles. The van der Waals surface area contributed by atoms with Gasteiger partial charge in [0.25, 0.3) is 0 Å². The third kappa shape index (κ3) is 5.62. The predicted molar refractivity (Wildman–Crippen MR) is 53.4 cm³/mol. The SMILES string of the molecule is CCNC(C)(C#N)CCCCOC. The Labute approximate surface area is 81.1 Å². The first-order valence-electron chi connectivity index (χ1n) is 4.83. The van der Waals surface area contributed by atoms with Crippen molar-refractivity contribution in [3.05, 3.63) is 0 Å². The fraction of sp³-hybridized carbons (Fsp3) is 0.900. The molecule has 0 aromatic heterocycles. The van der Waals surface area contributed by atoms with E-state index in [-0.39, 0.29) is 5.54 Å². The predicted octanol–water partition coefficient (Wildman–Crippen LogP) is 1.69. The van der Waals surface area contributed by atoms with Crippen LogP contribution in [0.3, 0.4) is 0 Å². The van der Waals surface area contributed by atoms with Gasteiger partial charge < -0.3 is 4.74 Å². The van der Waals surface area contributed by atoms with E-state index in [4.69, 9.17) is 10.00 Å². The van der Waals surface area contributed by atoms with Crippen molar-refractivity contribution < 1.29 is 4.74 Å². The maximum atomic E-state index is 8.93. The molecule has 1 atom stereocenters. The Balaban J connectivity index is 3.65. The van der Waals surface area contributed by atoms with Crippen molar-refractivity contribution >= 4 is 0 Å². The molecule has 0 aliphatic carbocycles. The summed E-state index contributed by atoms with van der Waals surface area (Å²) in [5.41, 5.74) is -0.359. The summed E-state index contributed by atoms with van der Waals surface area (Å²) in [7, 11) is 1.70. The molecule has 0 bridgehead atoms. The van der Waals surface area contributed by atoms with Crippen LogP contribution in [0.5, 0.6) is 0 Å². The van der Waals surface area contributed by atoms with E-state index in [0.717, 1.165) is 32.4 Å². The second kappa shape index (κ2) is 6.88. The maximum Gasteiger partial charge on any atom is 0.103 e. The minimum Gasteiger partial charge on any atom is -0.385 e. The average Bonchev–Trinajstić information content (AvgIpc) is 2.13. The lowest BCUT2D eigenvalue weighted by atomic mass is 9.97. The molecule has 76 valence electrons. The van der Waals surface area contributed by atoms with Crippen molar-refractivity contribution in [2.45, 2.75) is 38.6 Å². The Morgan fingerprint density at radius 3 is 2.62 bits per heavy atom. The molecule has 0 heterocycles. The van der Waals surface area contributed by atoms with Crippen molar-refractivity contribution in [1.29, 1.82) is 5.26 Å². The molecular formula is C10H20N2O. The fourth-order valence-corrected chi connectivity index (χ4v) is 1.30. The zero-order chi connectivity index (χ0) is 10.2. The lowest BCUT2D eigenvalue weighted by Gasteiger charge is -2.22. The van der Waals surface area contributed by atoms with Gasteiger partial charge in [-0.1, -0.05) is 6.92 Å². The summed E-state index contributed by atoms with van der Waals surface area (Å²) in [6.07, 6.45) is 2.95. The number of hydrogen-bond donors (Lipinski definition) is 1. The standard InChI is InChI=1S/C10H20N2O/c1-4-12-10(2,9-11)7-5-6-8-13-3/h12H,4-8H2,1-3H3. The number of nitrogens with one attached hydrogen (secondary N) is 1. The molecule has 0 aromatic carbocycles. The topological polar surface area (TPSA) is 45.0 Å². The number of nitriles is 1. The number of hydrogen-bond acceptors (Lipinski definition) is 3. The Morgan fingerprint density at radius 1 is 1.46 bits per heavy atom. The van der Waals surface area contributed by atoms with Crippen LogP contribution in [0.25, 0.3) is 0 Å². The minimum absolute atomic E-state index is 0.359. The molecule has 0 aliphatic rings. The second-order valence-corrected chi connectivity index (χ2v) is 3.42. The number of nitrogens with zero attached hydrogens (tertiary/aromatic N) is 1. The molecule has 3 nitrogen and oxygen atoms in total. The first-order valence-corrected chi connectivity index (χ1v) is 4.83. The van der Waals surface area contributed by atoms with Crippen LogP contribution in [-0.2, 0) is 4.74 Å². The molecule has 1 N–H and O–H groups in total. The molecule has 0 amide bonds. The third-order valence-electron chi connectivity index (χ3n) is 2.09. The van der Waals surface area contributed by atoms with Gasteiger partial charge in [-0.25, -0.2) is 0 Å². The van der Waals surface area contributed by atoms with E-state index >= 15 is 0 Å².